The molecule has 7 heteroatoms. The van der Waals surface area contributed by atoms with Crippen LogP contribution in [0.2, 0.25) is 0 Å². The van der Waals surface area contributed by atoms with Crippen LogP contribution in [-0.2, 0) is 0 Å². The average Bonchev–Trinajstić information content (AvgIpc) is 2.86. The van der Waals surface area contributed by atoms with Crippen molar-refractivity contribution in [2.45, 2.75) is 13.8 Å². The molecular weight excluding hydrogens is 258 g/mol. The summed E-state index contributed by atoms with van der Waals surface area (Å²) in [6, 6.07) is 6.67. The fraction of sp³-hybridized carbons (Fsp3) is 0.231. The van der Waals surface area contributed by atoms with E-state index < -0.39 is 5.91 Å². The normalized spacial score (nSPS) is 10.1. The van der Waals surface area contributed by atoms with Gasteiger partial charge in [0.25, 0.3) is 11.8 Å². The van der Waals surface area contributed by atoms with Crippen molar-refractivity contribution in [1.29, 1.82) is 0 Å². The van der Waals surface area contributed by atoms with Crippen LogP contribution in [0.5, 0.6) is 0 Å². The van der Waals surface area contributed by atoms with Crippen molar-refractivity contribution in [1.82, 2.24) is 20.5 Å². The molecule has 0 saturated heterocycles. The maximum atomic E-state index is 11.9. The first-order valence-electron chi connectivity index (χ1n) is 6.18. The van der Waals surface area contributed by atoms with Gasteiger partial charge in [-0.3, -0.25) is 14.7 Å². The fourth-order valence-corrected chi connectivity index (χ4v) is 1.63. The van der Waals surface area contributed by atoms with Gasteiger partial charge in [-0.2, -0.15) is 0 Å². The minimum absolute atomic E-state index is 0.0610. The summed E-state index contributed by atoms with van der Waals surface area (Å²) in [6.07, 6.45) is 0. The Bertz CT molecular complexity index is 635. The number of amides is 2. The van der Waals surface area contributed by atoms with E-state index in [1.807, 2.05) is 6.92 Å². The largest absolute Gasteiger partial charge is 0.352 e. The molecule has 0 saturated carbocycles. The number of H-pyrrole nitrogens is 1. The molecule has 3 N–H and O–H groups in total. The number of hydrogen-bond donors (Lipinski definition) is 3. The van der Waals surface area contributed by atoms with E-state index in [0.29, 0.717) is 23.6 Å². The van der Waals surface area contributed by atoms with Gasteiger partial charge >= 0.3 is 0 Å². The maximum absolute atomic E-state index is 11.9. The summed E-state index contributed by atoms with van der Waals surface area (Å²) in [5.41, 5.74) is 0.997. The van der Waals surface area contributed by atoms with Gasteiger partial charge in [-0.1, -0.05) is 6.07 Å². The van der Waals surface area contributed by atoms with Gasteiger partial charge in [0.2, 0.25) is 5.82 Å². The Morgan fingerprint density at radius 1 is 1.30 bits per heavy atom. The van der Waals surface area contributed by atoms with E-state index in [1.54, 1.807) is 31.2 Å². The van der Waals surface area contributed by atoms with E-state index in [2.05, 4.69) is 25.8 Å². The quantitative estimate of drug-likeness (QED) is 0.777. The molecule has 7 nitrogen and oxygen atoms in total. The number of nitrogens with one attached hydrogen (secondary N) is 3. The molecular formula is C13H15N5O2. The topological polar surface area (TPSA) is 99.8 Å². The number of hydrogen-bond acceptors (Lipinski definition) is 4. The second kappa shape index (κ2) is 5.96. The zero-order valence-corrected chi connectivity index (χ0v) is 11.2. The Labute approximate surface area is 115 Å². The second-order valence-electron chi connectivity index (χ2n) is 4.14. The van der Waals surface area contributed by atoms with Crippen LogP contribution in [0.3, 0.4) is 0 Å². The third-order valence-electron chi connectivity index (χ3n) is 2.52. The smallest absolute Gasteiger partial charge is 0.295 e. The molecule has 0 spiro atoms. The standard InChI is InChI=1S/C13H15N5O2/c1-3-14-12(19)9-5-4-6-10(7-9)16-13(20)11-15-8(2)17-18-11/h4-7H,3H2,1-2H3,(H,14,19)(H,16,20)(H,15,17,18). The van der Waals surface area contributed by atoms with E-state index in [-0.39, 0.29) is 11.7 Å². The molecule has 1 aromatic heterocycles. The minimum atomic E-state index is -0.428. The monoisotopic (exact) mass is 273 g/mol. The fourth-order valence-electron chi connectivity index (χ4n) is 1.63. The summed E-state index contributed by atoms with van der Waals surface area (Å²) in [6.45, 7) is 4.10. The van der Waals surface area contributed by atoms with Crippen LogP contribution >= 0.6 is 0 Å². The zero-order chi connectivity index (χ0) is 14.5. The molecule has 1 heterocycles. The van der Waals surface area contributed by atoms with Crippen LogP contribution < -0.4 is 10.6 Å². The lowest BCUT2D eigenvalue weighted by Gasteiger charge is -2.06. The third-order valence-corrected chi connectivity index (χ3v) is 2.52. The van der Waals surface area contributed by atoms with Gasteiger partial charge in [-0.05, 0) is 32.0 Å². The average molecular weight is 273 g/mol. The summed E-state index contributed by atoms with van der Waals surface area (Å²) < 4.78 is 0. The summed E-state index contributed by atoms with van der Waals surface area (Å²) >= 11 is 0. The van der Waals surface area contributed by atoms with Gasteiger partial charge in [0.1, 0.15) is 5.82 Å². The van der Waals surface area contributed by atoms with Crippen LogP contribution in [0.1, 0.15) is 33.7 Å². The van der Waals surface area contributed by atoms with Gasteiger partial charge in [-0.15, -0.1) is 5.10 Å². The number of aromatic amines is 1. The van der Waals surface area contributed by atoms with E-state index >= 15 is 0 Å². The van der Waals surface area contributed by atoms with Crippen molar-refractivity contribution in [2.75, 3.05) is 11.9 Å². The Morgan fingerprint density at radius 3 is 2.75 bits per heavy atom. The van der Waals surface area contributed by atoms with Crippen LogP contribution in [0.4, 0.5) is 5.69 Å². The van der Waals surface area contributed by atoms with Crippen molar-refractivity contribution < 1.29 is 9.59 Å². The number of anilines is 1. The Hall–Kier alpha value is -2.70. The molecule has 0 atom stereocenters. The Balaban J connectivity index is 2.12. The zero-order valence-electron chi connectivity index (χ0n) is 11.2. The minimum Gasteiger partial charge on any atom is -0.352 e. The van der Waals surface area contributed by atoms with Gasteiger partial charge < -0.3 is 10.6 Å². The highest BCUT2D eigenvalue weighted by molar-refractivity contribution is 6.02. The molecule has 104 valence electrons. The highest BCUT2D eigenvalue weighted by Gasteiger charge is 2.12. The lowest BCUT2D eigenvalue weighted by molar-refractivity contribution is 0.0954. The lowest BCUT2D eigenvalue weighted by Crippen LogP contribution is -2.22. The first-order chi connectivity index (χ1) is 9.60. The first-order valence-corrected chi connectivity index (χ1v) is 6.18. The predicted octanol–water partition coefficient (Wildman–Crippen LogP) is 1.12. The molecule has 1 aromatic carbocycles. The van der Waals surface area contributed by atoms with E-state index in [0.717, 1.165) is 0 Å². The number of benzene rings is 1. The van der Waals surface area contributed by atoms with Gasteiger partial charge in [0.05, 0.1) is 0 Å². The highest BCUT2D eigenvalue weighted by atomic mass is 16.2. The molecule has 0 aliphatic rings. The van der Waals surface area contributed by atoms with Crippen LogP contribution in [-0.4, -0.2) is 33.5 Å². The molecule has 0 bridgehead atoms. The summed E-state index contributed by atoms with van der Waals surface area (Å²) in [4.78, 5) is 27.5. The predicted molar refractivity (Wildman–Crippen MR) is 73.5 cm³/mol. The van der Waals surface area contributed by atoms with Crippen LogP contribution in [0.15, 0.2) is 24.3 Å². The molecule has 0 fully saturated rings. The van der Waals surface area contributed by atoms with Crippen molar-refractivity contribution in [2.24, 2.45) is 0 Å². The lowest BCUT2D eigenvalue weighted by atomic mass is 10.2. The summed E-state index contributed by atoms with van der Waals surface area (Å²) in [5, 5.41) is 11.7. The maximum Gasteiger partial charge on any atom is 0.295 e. The van der Waals surface area contributed by atoms with E-state index in [1.165, 1.54) is 0 Å². The molecule has 0 unspecified atom stereocenters. The number of carbonyl (C=O) groups excluding carboxylic acids is 2. The van der Waals surface area contributed by atoms with E-state index in [4.69, 9.17) is 0 Å². The SMILES string of the molecule is CCNC(=O)c1cccc(NC(=O)c2n[nH]c(C)n2)c1. The van der Waals surface area contributed by atoms with Crippen molar-refractivity contribution in [3.8, 4) is 0 Å². The first kappa shape index (κ1) is 13.7. The Kier molecular flexibility index (Phi) is 4.09. The number of carbonyl (C=O) groups is 2. The van der Waals surface area contributed by atoms with Crippen LogP contribution in [0.25, 0.3) is 0 Å². The van der Waals surface area contributed by atoms with Gasteiger partial charge in [0.15, 0.2) is 0 Å². The van der Waals surface area contributed by atoms with Crippen molar-refractivity contribution >= 4 is 17.5 Å². The summed E-state index contributed by atoms with van der Waals surface area (Å²) in [5.74, 6) is 0.0110. The van der Waals surface area contributed by atoms with E-state index in [9.17, 15) is 9.59 Å². The van der Waals surface area contributed by atoms with Crippen molar-refractivity contribution in [3.05, 3.63) is 41.5 Å². The third kappa shape index (κ3) is 3.19. The molecule has 2 amide bonds. The molecule has 20 heavy (non-hydrogen) atoms. The second-order valence-corrected chi connectivity index (χ2v) is 4.14. The number of aromatic nitrogens is 3. The van der Waals surface area contributed by atoms with Crippen molar-refractivity contribution in [3.63, 3.8) is 0 Å². The molecule has 2 rings (SSSR count). The molecule has 0 aliphatic carbocycles. The van der Waals surface area contributed by atoms with Gasteiger partial charge in [-0.25, -0.2) is 4.98 Å². The van der Waals surface area contributed by atoms with Gasteiger partial charge in [0, 0.05) is 17.8 Å². The number of rotatable bonds is 4. The van der Waals surface area contributed by atoms with Crippen LogP contribution in [0, 0.1) is 6.92 Å². The highest BCUT2D eigenvalue weighted by Crippen LogP contribution is 2.11. The molecule has 0 aliphatic heterocycles. The Morgan fingerprint density at radius 2 is 2.10 bits per heavy atom. The number of nitrogens with zero attached hydrogens (tertiary/aromatic N) is 2. The molecule has 0 radical (unpaired) electrons. The molecule has 2 aromatic rings. The summed E-state index contributed by atoms with van der Waals surface area (Å²) in [7, 11) is 0. The number of aryl methyl sites for hydroxylation is 1.